The van der Waals surface area contributed by atoms with Crippen LogP contribution in [0.3, 0.4) is 0 Å². The number of aryl methyl sites for hydroxylation is 2. The third kappa shape index (κ3) is 2.51. The molecule has 2 N–H and O–H groups in total. The molecular weight excluding hydrogens is 358 g/mol. The number of carboxylic acid groups (broad SMARTS) is 1. The summed E-state index contributed by atoms with van der Waals surface area (Å²) in [6.07, 6.45) is 3.79. The fourth-order valence-electron chi connectivity index (χ4n) is 6.13. The van der Waals surface area contributed by atoms with Crippen molar-refractivity contribution >= 4 is 23.3 Å². The molecule has 2 fully saturated rings. The second-order valence-corrected chi connectivity index (χ2v) is 9.08. The van der Waals surface area contributed by atoms with Gasteiger partial charge < -0.3 is 10.4 Å². The van der Waals surface area contributed by atoms with Gasteiger partial charge >= 0.3 is 5.97 Å². The van der Waals surface area contributed by atoms with Gasteiger partial charge in [-0.2, -0.15) is 0 Å². The molecule has 2 aromatic carbocycles. The van der Waals surface area contributed by atoms with Crippen molar-refractivity contribution in [2.45, 2.75) is 45.1 Å². The summed E-state index contributed by atoms with van der Waals surface area (Å²) in [7, 11) is 0. The second-order valence-electron chi connectivity index (χ2n) is 8.64. The molecule has 4 heteroatoms. The average molecular weight is 382 g/mol. The van der Waals surface area contributed by atoms with E-state index in [1.165, 1.54) is 36.0 Å². The van der Waals surface area contributed by atoms with Crippen molar-refractivity contribution < 1.29 is 9.90 Å². The van der Waals surface area contributed by atoms with Crippen LogP contribution >= 0.6 is 11.6 Å². The minimum absolute atomic E-state index is 0.164. The SMILES string of the molecule is Cc1ccc(C)c(C2Nc3c(C(=O)O)cc(Cl)cc3C3C4CCC(C4)C23)c1. The van der Waals surface area contributed by atoms with Crippen LogP contribution in [-0.2, 0) is 0 Å². The zero-order chi connectivity index (χ0) is 18.9. The highest BCUT2D eigenvalue weighted by Gasteiger charge is 2.54. The number of anilines is 1. The number of benzene rings is 2. The van der Waals surface area contributed by atoms with Crippen molar-refractivity contribution in [3.05, 3.63) is 63.2 Å². The first kappa shape index (κ1) is 17.1. The van der Waals surface area contributed by atoms with Crippen LogP contribution in [0.25, 0.3) is 0 Å². The first-order valence-electron chi connectivity index (χ1n) is 9.84. The summed E-state index contributed by atoms with van der Waals surface area (Å²) in [5.74, 6) is 1.35. The Labute approximate surface area is 164 Å². The van der Waals surface area contributed by atoms with Gasteiger partial charge in [0.2, 0.25) is 0 Å². The summed E-state index contributed by atoms with van der Waals surface area (Å²) < 4.78 is 0. The molecule has 3 nitrogen and oxygen atoms in total. The molecule has 0 aromatic heterocycles. The van der Waals surface area contributed by atoms with Crippen molar-refractivity contribution in [3.63, 3.8) is 0 Å². The lowest BCUT2D eigenvalue weighted by Crippen LogP contribution is -2.36. The molecule has 5 rings (SSSR count). The molecular formula is C23H24ClNO2. The third-order valence-electron chi connectivity index (χ3n) is 7.16. The van der Waals surface area contributed by atoms with Gasteiger partial charge in [-0.3, -0.25) is 0 Å². The van der Waals surface area contributed by atoms with Crippen molar-refractivity contribution in [3.8, 4) is 0 Å². The Balaban J connectivity index is 1.72. The Morgan fingerprint density at radius 2 is 1.89 bits per heavy atom. The lowest BCUT2D eigenvalue weighted by Gasteiger charge is -2.44. The number of nitrogens with one attached hydrogen (secondary N) is 1. The summed E-state index contributed by atoms with van der Waals surface area (Å²) >= 11 is 6.33. The molecule has 2 aliphatic carbocycles. The van der Waals surface area contributed by atoms with Crippen LogP contribution in [0.4, 0.5) is 5.69 Å². The summed E-state index contributed by atoms with van der Waals surface area (Å²) in [4.78, 5) is 11.9. The number of carbonyl (C=O) groups is 1. The third-order valence-corrected chi connectivity index (χ3v) is 7.38. The molecule has 5 atom stereocenters. The second kappa shape index (κ2) is 6.00. The highest BCUT2D eigenvalue weighted by atomic mass is 35.5. The van der Waals surface area contributed by atoms with Crippen LogP contribution in [0.1, 0.15) is 63.8 Å². The van der Waals surface area contributed by atoms with Gasteiger partial charge in [-0.25, -0.2) is 4.79 Å². The van der Waals surface area contributed by atoms with Crippen LogP contribution in [0.2, 0.25) is 5.02 Å². The highest BCUT2D eigenvalue weighted by Crippen LogP contribution is 2.64. The molecule has 3 aliphatic rings. The topological polar surface area (TPSA) is 49.3 Å². The number of halogens is 1. The van der Waals surface area contributed by atoms with E-state index in [1.54, 1.807) is 6.07 Å². The standard InChI is InChI=1S/C23H24ClNO2/c1-11-3-4-12(2)16(7-11)22-20-14-6-5-13(8-14)19(20)17-9-15(24)10-18(23(26)27)21(17)25-22/h3-4,7,9-10,13-14,19-20,22,25H,5-6,8H2,1-2H3,(H,26,27). The normalized spacial score (nSPS) is 30.6. The van der Waals surface area contributed by atoms with E-state index in [0.717, 1.165) is 11.3 Å². The monoisotopic (exact) mass is 381 g/mol. The predicted octanol–water partition coefficient (Wildman–Crippen LogP) is 5.95. The fourth-order valence-corrected chi connectivity index (χ4v) is 6.36. The van der Waals surface area contributed by atoms with Crippen LogP contribution in [0.5, 0.6) is 0 Å². The molecule has 1 heterocycles. The average Bonchev–Trinajstić information content (AvgIpc) is 3.25. The summed E-state index contributed by atoms with van der Waals surface area (Å²) in [6, 6.07) is 10.4. The van der Waals surface area contributed by atoms with Crippen molar-refractivity contribution in [1.29, 1.82) is 0 Å². The van der Waals surface area contributed by atoms with Crippen molar-refractivity contribution in [1.82, 2.24) is 0 Å². The molecule has 27 heavy (non-hydrogen) atoms. The summed E-state index contributed by atoms with van der Waals surface area (Å²) in [5.41, 5.74) is 6.04. The van der Waals surface area contributed by atoms with E-state index >= 15 is 0 Å². The lowest BCUT2D eigenvalue weighted by molar-refractivity contribution is 0.0697. The van der Waals surface area contributed by atoms with E-state index in [9.17, 15) is 9.90 Å². The zero-order valence-electron chi connectivity index (χ0n) is 15.6. The van der Waals surface area contributed by atoms with Crippen molar-refractivity contribution in [2.24, 2.45) is 17.8 Å². The van der Waals surface area contributed by atoms with Crippen LogP contribution < -0.4 is 5.32 Å². The quantitative estimate of drug-likeness (QED) is 0.675. The van der Waals surface area contributed by atoms with Gasteiger partial charge in [-0.05, 0) is 85.6 Å². The highest BCUT2D eigenvalue weighted by molar-refractivity contribution is 6.31. The van der Waals surface area contributed by atoms with Crippen LogP contribution in [0.15, 0.2) is 30.3 Å². The van der Waals surface area contributed by atoms with Crippen LogP contribution in [0, 0.1) is 31.6 Å². The Kier molecular flexibility index (Phi) is 3.80. The molecule has 2 bridgehead atoms. The van der Waals surface area contributed by atoms with Crippen LogP contribution in [-0.4, -0.2) is 11.1 Å². The Morgan fingerprint density at radius 3 is 2.67 bits per heavy atom. The summed E-state index contributed by atoms with van der Waals surface area (Å²) in [5, 5.41) is 14.0. The van der Waals surface area contributed by atoms with Gasteiger partial charge in [0.15, 0.2) is 0 Å². The molecule has 2 saturated carbocycles. The smallest absolute Gasteiger partial charge is 0.337 e. The molecule has 5 unspecified atom stereocenters. The van der Waals surface area contributed by atoms with E-state index in [2.05, 4.69) is 37.4 Å². The molecule has 0 spiro atoms. The maximum absolute atomic E-state index is 11.9. The lowest BCUT2D eigenvalue weighted by atomic mass is 9.67. The number of hydrogen-bond acceptors (Lipinski definition) is 2. The number of hydrogen-bond donors (Lipinski definition) is 2. The predicted molar refractivity (Wildman–Crippen MR) is 108 cm³/mol. The number of aromatic carboxylic acids is 1. The van der Waals surface area contributed by atoms with Gasteiger partial charge in [0.1, 0.15) is 0 Å². The van der Waals surface area contributed by atoms with E-state index in [1.807, 2.05) is 6.07 Å². The van der Waals surface area contributed by atoms with E-state index < -0.39 is 5.97 Å². The molecule has 0 saturated heterocycles. The zero-order valence-corrected chi connectivity index (χ0v) is 16.4. The first-order chi connectivity index (χ1) is 12.9. The molecule has 140 valence electrons. The van der Waals surface area contributed by atoms with E-state index in [0.29, 0.717) is 34.3 Å². The molecule has 0 amide bonds. The van der Waals surface area contributed by atoms with Gasteiger partial charge in [0, 0.05) is 5.02 Å². The Morgan fingerprint density at radius 1 is 1.11 bits per heavy atom. The minimum atomic E-state index is -0.914. The van der Waals surface area contributed by atoms with E-state index in [4.69, 9.17) is 11.6 Å². The molecule has 0 radical (unpaired) electrons. The molecule has 1 aliphatic heterocycles. The number of carboxylic acids is 1. The number of rotatable bonds is 2. The number of fused-ring (bicyclic) bond motifs is 7. The maximum Gasteiger partial charge on any atom is 0.337 e. The summed E-state index contributed by atoms with van der Waals surface area (Å²) in [6.45, 7) is 4.29. The Hall–Kier alpha value is -2.00. The Bertz CT molecular complexity index is 954. The maximum atomic E-state index is 11.9. The first-order valence-corrected chi connectivity index (χ1v) is 10.2. The van der Waals surface area contributed by atoms with Gasteiger partial charge in [0.05, 0.1) is 17.3 Å². The van der Waals surface area contributed by atoms with Gasteiger partial charge in [-0.15, -0.1) is 0 Å². The molecule has 2 aromatic rings. The van der Waals surface area contributed by atoms with Gasteiger partial charge in [-0.1, -0.05) is 35.4 Å². The van der Waals surface area contributed by atoms with E-state index in [-0.39, 0.29) is 6.04 Å². The minimum Gasteiger partial charge on any atom is -0.478 e. The van der Waals surface area contributed by atoms with Gasteiger partial charge in [0.25, 0.3) is 0 Å². The van der Waals surface area contributed by atoms with Crippen molar-refractivity contribution in [2.75, 3.05) is 5.32 Å². The largest absolute Gasteiger partial charge is 0.478 e. The fraction of sp³-hybridized carbons (Fsp3) is 0.435.